The van der Waals surface area contributed by atoms with E-state index in [4.69, 9.17) is 16.3 Å². The first-order valence-electron chi connectivity index (χ1n) is 6.77. The molecule has 21 heavy (non-hydrogen) atoms. The molecule has 1 aliphatic heterocycles. The van der Waals surface area contributed by atoms with Crippen LogP contribution in [0.1, 0.15) is 23.8 Å². The van der Waals surface area contributed by atoms with Crippen molar-refractivity contribution in [2.24, 2.45) is 5.92 Å². The molecule has 1 fully saturated rings. The van der Waals surface area contributed by atoms with Gasteiger partial charge in [0.2, 0.25) is 0 Å². The van der Waals surface area contributed by atoms with Gasteiger partial charge >= 0.3 is 5.97 Å². The van der Waals surface area contributed by atoms with Crippen LogP contribution in [0.5, 0.6) is 0 Å². The van der Waals surface area contributed by atoms with Gasteiger partial charge < -0.3 is 15.0 Å². The maximum atomic E-state index is 12.3. The quantitative estimate of drug-likeness (QED) is 0.837. The molecule has 0 saturated carbocycles. The Bertz CT molecular complexity index is 710. The number of benzene rings is 1. The lowest BCUT2D eigenvalue weighted by Gasteiger charge is -2.28. The van der Waals surface area contributed by atoms with Crippen LogP contribution in [-0.2, 0) is 9.53 Å². The number of cyclic esters (lactones) is 1. The van der Waals surface area contributed by atoms with E-state index in [-0.39, 0.29) is 30.3 Å². The number of aromatic amines is 1. The molecule has 0 spiro atoms. The number of nitrogens with one attached hydrogen (secondary N) is 2. The predicted molar refractivity (Wildman–Crippen MR) is 79.3 cm³/mol. The molecule has 3 rings (SSSR count). The smallest absolute Gasteiger partial charge is 0.307 e. The van der Waals surface area contributed by atoms with Crippen LogP contribution in [0, 0.1) is 5.92 Å². The standard InChI is InChI=1S/C15H15ClN2O3/c1-8-7-21-14(19)6-12(8)18-15(20)13-5-9-4-10(16)2-3-11(9)17-13/h2-5,8,12,17H,6-7H2,1H3,(H,18,20)/t8-,12+/m0/s1. The summed E-state index contributed by atoms with van der Waals surface area (Å²) >= 11 is 5.93. The zero-order valence-electron chi connectivity index (χ0n) is 11.5. The fraction of sp³-hybridized carbons (Fsp3) is 0.333. The Hall–Kier alpha value is -2.01. The fourth-order valence-electron chi connectivity index (χ4n) is 2.45. The van der Waals surface area contributed by atoms with E-state index in [9.17, 15) is 9.59 Å². The molecule has 0 radical (unpaired) electrons. The van der Waals surface area contributed by atoms with Crippen molar-refractivity contribution in [2.45, 2.75) is 19.4 Å². The lowest BCUT2D eigenvalue weighted by atomic mass is 9.97. The topological polar surface area (TPSA) is 71.2 Å². The number of aromatic nitrogens is 1. The van der Waals surface area contributed by atoms with E-state index in [2.05, 4.69) is 10.3 Å². The van der Waals surface area contributed by atoms with Gasteiger partial charge in [0, 0.05) is 27.9 Å². The Labute approximate surface area is 126 Å². The van der Waals surface area contributed by atoms with Crippen molar-refractivity contribution in [1.29, 1.82) is 0 Å². The summed E-state index contributed by atoms with van der Waals surface area (Å²) in [6.07, 6.45) is 0.207. The highest BCUT2D eigenvalue weighted by atomic mass is 35.5. The van der Waals surface area contributed by atoms with Crippen molar-refractivity contribution in [3.63, 3.8) is 0 Å². The first-order valence-corrected chi connectivity index (χ1v) is 7.15. The van der Waals surface area contributed by atoms with Crippen molar-refractivity contribution in [3.05, 3.63) is 35.0 Å². The lowest BCUT2D eigenvalue weighted by molar-refractivity contribution is -0.150. The average molecular weight is 307 g/mol. The summed E-state index contributed by atoms with van der Waals surface area (Å²) in [4.78, 5) is 26.7. The van der Waals surface area contributed by atoms with Gasteiger partial charge in [0.05, 0.1) is 13.0 Å². The fourth-order valence-corrected chi connectivity index (χ4v) is 2.63. The second kappa shape index (κ2) is 5.41. The molecule has 1 aliphatic rings. The van der Waals surface area contributed by atoms with Gasteiger partial charge in [0.25, 0.3) is 5.91 Å². The number of hydrogen-bond acceptors (Lipinski definition) is 3. The van der Waals surface area contributed by atoms with Crippen molar-refractivity contribution >= 4 is 34.4 Å². The number of amides is 1. The summed E-state index contributed by atoms with van der Waals surface area (Å²) in [5, 5.41) is 4.39. The minimum absolute atomic E-state index is 0.102. The number of carbonyl (C=O) groups is 2. The first-order chi connectivity index (χ1) is 10.0. The summed E-state index contributed by atoms with van der Waals surface area (Å²) in [5.41, 5.74) is 1.30. The predicted octanol–water partition coefficient (Wildman–Crippen LogP) is 2.50. The molecule has 110 valence electrons. The van der Waals surface area contributed by atoms with Crippen LogP contribution in [0.15, 0.2) is 24.3 Å². The van der Waals surface area contributed by atoms with Crippen LogP contribution in [0.25, 0.3) is 10.9 Å². The molecule has 1 aromatic heterocycles. The zero-order chi connectivity index (χ0) is 15.0. The number of halogens is 1. The largest absolute Gasteiger partial charge is 0.465 e. The first kappa shape index (κ1) is 13.9. The molecular weight excluding hydrogens is 292 g/mol. The van der Waals surface area contributed by atoms with E-state index in [1.54, 1.807) is 18.2 Å². The van der Waals surface area contributed by atoms with Crippen molar-refractivity contribution in [2.75, 3.05) is 6.61 Å². The Morgan fingerprint density at radius 2 is 2.24 bits per heavy atom. The molecule has 0 bridgehead atoms. The minimum Gasteiger partial charge on any atom is -0.465 e. The third-order valence-electron chi connectivity index (χ3n) is 3.72. The van der Waals surface area contributed by atoms with Gasteiger partial charge in [-0.15, -0.1) is 0 Å². The number of ether oxygens (including phenoxy) is 1. The Kier molecular flexibility index (Phi) is 3.59. The molecule has 2 atom stereocenters. The summed E-state index contributed by atoms with van der Waals surface area (Å²) in [7, 11) is 0. The number of esters is 1. The van der Waals surface area contributed by atoms with Gasteiger partial charge in [0.15, 0.2) is 0 Å². The van der Waals surface area contributed by atoms with Crippen LogP contribution in [0.4, 0.5) is 0 Å². The molecule has 1 aromatic carbocycles. The Balaban J connectivity index is 1.78. The normalized spacial score (nSPS) is 22.1. The second-order valence-corrected chi connectivity index (χ2v) is 5.80. The Morgan fingerprint density at radius 3 is 3.05 bits per heavy atom. The SMILES string of the molecule is C[C@H]1COC(=O)C[C@H]1NC(=O)c1cc2cc(Cl)ccc2[nH]1. The molecule has 2 aromatic rings. The molecule has 1 amide bonds. The van der Waals surface area contributed by atoms with Crippen molar-refractivity contribution < 1.29 is 14.3 Å². The van der Waals surface area contributed by atoms with Crippen molar-refractivity contribution in [1.82, 2.24) is 10.3 Å². The summed E-state index contributed by atoms with van der Waals surface area (Å²) < 4.78 is 4.96. The molecule has 6 heteroatoms. The summed E-state index contributed by atoms with van der Waals surface area (Å²) in [5.74, 6) is -0.402. The molecular formula is C15H15ClN2O3. The maximum Gasteiger partial charge on any atom is 0.307 e. The average Bonchev–Trinajstić information content (AvgIpc) is 2.86. The van der Waals surface area contributed by atoms with E-state index in [0.29, 0.717) is 17.3 Å². The van der Waals surface area contributed by atoms with Gasteiger partial charge in [-0.05, 0) is 24.3 Å². The Morgan fingerprint density at radius 1 is 1.43 bits per heavy atom. The second-order valence-electron chi connectivity index (χ2n) is 5.36. The number of hydrogen-bond donors (Lipinski definition) is 2. The van der Waals surface area contributed by atoms with Gasteiger partial charge in [-0.2, -0.15) is 0 Å². The monoisotopic (exact) mass is 306 g/mol. The molecule has 2 N–H and O–H groups in total. The van der Waals surface area contributed by atoms with E-state index < -0.39 is 0 Å². The zero-order valence-corrected chi connectivity index (χ0v) is 12.2. The van der Waals surface area contributed by atoms with Crippen LogP contribution in [0.2, 0.25) is 5.02 Å². The molecule has 0 unspecified atom stereocenters. The van der Waals surface area contributed by atoms with Crippen LogP contribution in [0.3, 0.4) is 0 Å². The summed E-state index contributed by atoms with van der Waals surface area (Å²) in [6.45, 7) is 2.29. The van der Waals surface area contributed by atoms with Crippen molar-refractivity contribution in [3.8, 4) is 0 Å². The van der Waals surface area contributed by atoms with E-state index in [0.717, 1.165) is 10.9 Å². The highest BCUT2D eigenvalue weighted by Gasteiger charge is 2.29. The van der Waals surface area contributed by atoms with Gasteiger partial charge in [-0.25, -0.2) is 0 Å². The van der Waals surface area contributed by atoms with E-state index >= 15 is 0 Å². The number of fused-ring (bicyclic) bond motifs is 1. The number of carbonyl (C=O) groups excluding carboxylic acids is 2. The molecule has 1 saturated heterocycles. The van der Waals surface area contributed by atoms with Gasteiger partial charge in [-0.3, -0.25) is 9.59 Å². The van der Waals surface area contributed by atoms with Gasteiger partial charge in [-0.1, -0.05) is 18.5 Å². The summed E-state index contributed by atoms with van der Waals surface area (Å²) in [6, 6.07) is 6.94. The maximum absolute atomic E-state index is 12.3. The number of H-pyrrole nitrogens is 1. The molecule has 5 nitrogen and oxygen atoms in total. The molecule has 2 heterocycles. The molecule has 0 aliphatic carbocycles. The minimum atomic E-state index is -0.276. The lowest BCUT2D eigenvalue weighted by Crippen LogP contribution is -2.46. The van der Waals surface area contributed by atoms with Crippen LogP contribution < -0.4 is 5.32 Å². The van der Waals surface area contributed by atoms with E-state index in [1.165, 1.54) is 0 Å². The van der Waals surface area contributed by atoms with Gasteiger partial charge in [0.1, 0.15) is 5.69 Å². The highest BCUT2D eigenvalue weighted by Crippen LogP contribution is 2.21. The third-order valence-corrected chi connectivity index (χ3v) is 3.96. The van der Waals surface area contributed by atoms with Crippen LogP contribution in [-0.4, -0.2) is 29.5 Å². The van der Waals surface area contributed by atoms with E-state index in [1.807, 2.05) is 13.0 Å². The third kappa shape index (κ3) is 2.88. The highest BCUT2D eigenvalue weighted by molar-refractivity contribution is 6.31. The van der Waals surface area contributed by atoms with Crippen LogP contribution >= 0.6 is 11.6 Å². The number of rotatable bonds is 2.